The second kappa shape index (κ2) is 7.16. The first kappa shape index (κ1) is 17.6. The van der Waals surface area contributed by atoms with Crippen LogP contribution in [0, 0.1) is 6.92 Å². The number of fused-ring (bicyclic) bond motifs is 1. The van der Waals surface area contributed by atoms with Gasteiger partial charge in [0.2, 0.25) is 12.7 Å². The lowest BCUT2D eigenvalue weighted by Crippen LogP contribution is -2.38. The van der Waals surface area contributed by atoms with Crippen molar-refractivity contribution in [2.24, 2.45) is 0 Å². The summed E-state index contributed by atoms with van der Waals surface area (Å²) in [5.41, 5.74) is 1.99. The van der Waals surface area contributed by atoms with E-state index in [9.17, 15) is 4.79 Å². The quantitative estimate of drug-likeness (QED) is 0.669. The molecule has 9 nitrogen and oxygen atoms in total. The average molecular weight is 393 g/mol. The summed E-state index contributed by atoms with van der Waals surface area (Å²) in [5, 5.41) is 8.29. The number of ether oxygens (including phenoxy) is 2. The van der Waals surface area contributed by atoms with Crippen molar-refractivity contribution in [3.8, 4) is 23.1 Å². The minimum Gasteiger partial charge on any atom is -0.454 e. The zero-order valence-electron chi connectivity index (χ0n) is 15.9. The van der Waals surface area contributed by atoms with Gasteiger partial charge in [-0.2, -0.15) is 0 Å². The summed E-state index contributed by atoms with van der Waals surface area (Å²) >= 11 is 0. The number of aromatic nitrogens is 4. The van der Waals surface area contributed by atoms with E-state index in [1.807, 2.05) is 11.8 Å². The first-order chi connectivity index (χ1) is 14.2. The molecule has 5 rings (SSSR count). The molecule has 0 radical (unpaired) electrons. The Bertz CT molecular complexity index is 1040. The number of benzene rings is 1. The summed E-state index contributed by atoms with van der Waals surface area (Å²) in [6.45, 7) is 3.31. The molecule has 0 unspecified atom stereocenters. The molecular weight excluding hydrogens is 374 g/mol. The van der Waals surface area contributed by atoms with Crippen LogP contribution in [0.5, 0.6) is 11.5 Å². The van der Waals surface area contributed by atoms with Crippen molar-refractivity contribution in [3.63, 3.8) is 0 Å². The van der Waals surface area contributed by atoms with Gasteiger partial charge in [0, 0.05) is 30.8 Å². The average Bonchev–Trinajstić information content (AvgIpc) is 3.43. The molecule has 1 amide bonds. The van der Waals surface area contributed by atoms with Crippen LogP contribution in [0.25, 0.3) is 11.6 Å². The van der Waals surface area contributed by atoms with Crippen molar-refractivity contribution < 1.29 is 18.7 Å². The van der Waals surface area contributed by atoms with Crippen molar-refractivity contribution in [1.82, 2.24) is 25.1 Å². The van der Waals surface area contributed by atoms with E-state index in [-0.39, 0.29) is 18.6 Å². The zero-order valence-corrected chi connectivity index (χ0v) is 15.9. The highest BCUT2D eigenvalue weighted by Crippen LogP contribution is 2.34. The van der Waals surface area contributed by atoms with Crippen LogP contribution in [0.1, 0.15) is 40.7 Å². The Labute approximate surface area is 166 Å². The molecule has 29 heavy (non-hydrogen) atoms. The lowest BCUT2D eigenvalue weighted by molar-refractivity contribution is 0.0706. The summed E-state index contributed by atoms with van der Waals surface area (Å²) in [6, 6.07) is 5.29. The molecular formula is C20H19N5O4. The van der Waals surface area contributed by atoms with Gasteiger partial charge in [0.05, 0.1) is 11.9 Å². The zero-order chi connectivity index (χ0) is 19.8. The van der Waals surface area contributed by atoms with Crippen molar-refractivity contribution in [1.29, 1.82) is 0 Å². The Balaban J connectivity index is 1.24. The Hall–Kier alpha value is -3.49. The van der Waals surface area contributed by atoms with E-state index in [2.05, 4.69) is 20.2 Å². The van der Waals surface area contributed by atoms with Crippen molar-refractivity contribution in [2.45, 2.75) is 25.7 Å². The minimum absolute atomic E-state index is 0.0112. The normalized spacial score (nSPS) is 16.2. The third-order valence-corrected chi connectivity index (χ3v) is 5.19. The molecule has 2 aromatic heterocycles. The van der Waals surface area contributed by atoms with Gasteiger partial charge >= 0.3 is 0 Å². The number of piperidine rings is 1. The summed E-state index contributed by atoms with van der Waals surface area (Å²) in [7, 11) is 0. The molecule has 1 saturated heterocycles. The molecule has 9 heteroatoms. The molecule has 4 heterocycles. The molecule has 2 aliphatic heterocycles. The summed E-state index contributed by atoms with van der Waals surface area (Å²) in [4.78, 5) is 23.1. The van der Waals surface area contributed by atoms with Gasteiger partial charge in [-0.05, 0) is 38.0 Å². The lowest BCUT2D eigenvalue weighted by Gasteiger charge is -2.30. The van der Waals surface area contributed by atoms with Gasteiger partial charge in [-0.25, -0.2) is 4.98 Å². The van der Waals surface area contributed by atoms with Crippen molar-refractivity contribution >= 4 is 5.91 Å². The number of rotatable bonds is 3. The van der Waals surface area contributed by atoms with E-state index in [1.54, 1.807) is 30.6 Å². The number of aryl methyl sites for hydroxylation is 1. The molecule has 0 atom stereocenters. The molecule has 148 valence electrons. The largest absolute Gasteiger partial charge is 0.454 e. The first-order valence-electron chi connectivity index (χ1n) is 9.49. The molecule has 1 aromatic carbocycles. The Kier molecular flexibility index (Phi) is 4.34. The smallest absolute Gasteiger partial charge is 0.267 e. The van der Waals surface area contributed by atoms with E-state index in [0.29, 0.717) is 47.6 Å². The molecule has 0 N–H and O–H groups in total. The van der Waals surface area contributed by atoms with Crippen LogP contribution >= 0.6 is 0 Å². The maximum atomic E-state index is 12.8. The van der Waals surface area contributed by atoms with E-state index < -0.39 is 0 Å². The highest BCUT2D eigenvalue weighted by Gasteiger charge is 2.29. The second-order valence-corrected chi connectivity index (χ2v) is 7.12. The van der Waals surface area contributed by atoms with Crippen LogP contribution in [0.2, 0.25) is 0 Å². The van der Waals surface area contributed by atoms with Gasteiger partial charge in [-0.3, -0.25) is 9.78 Å². The number of likely N-dealkylation sites (tertiary alicyclic amines) is 1. The fourth-order valence-electron chi connectivity index (χ4n) is 3.55. The first-order valence-corrected chi connectivity index (χ1v) is 9.49. The standard InChI is InChI=1S/C20H19N5O4/c1-12-9-22-15(10-21-12)19-24-23-18(29-19)13-4-6-25(7-5-13)20(26)14-2-3-16-17(8-14)28-11-27-16/h2-3,8-10,13H,4-7,11H2,1H3. The maximum absolute atomic E-state index is 12.8. The number of nitrogens with zero attached hydrogens (tertiary/aromatic N) is 5. The maximum Gasteiger partial charge on any atom is 0.267 e. The molecule has 0 aliphatic carbocycles. The van der Waals surface area contributed by atoms with Gasteiger partial charge in [0.15, 0.2) is 11.5 Å². The molecule has 1 fully saturated rings. The lowest BCUT2D eigenvalue weighted by atomic mass is 9.96. The van der Waals surface area contributed by atoms with Crippen molar-refractivity contribution in [2.75, 3.05) is 19.9 Å². The number of carbonyl (C=O) groups excluding carboxylic acids is 1. The van der Waals surface area contributed by atoms with E-state index in [0.717, 1.165) is 18.5 Å². The van der Waals surface area contributed by atoms with Crippen LogP contribution in [0.15, 0.2) is 35.0 Å². The van der Waals surface area contributed by atoms with Crippen LogP contribution in [-0.4, -0.2) is 50.9 Å². The van der Waals surface area contributed by atoms with Gasteiger partial charge in [0.25, 0.3) is 11.8 Å². The Morgan fingerprint density at radius 2 is 1.90 bits per heavy atom. The van der Waals surface area contributed by atoms with Gasteiger partial charge in [-0.15, -0.1) is 10.2 Å². The van der Waals surface area contributed by atoms with E-state index in [1.165, 1.54) is 0 Å². The van der Waals surface area contributed by atoms with E-state index >= 15 is 0 Å². The molecule has 3 aromatic rings. The monoisotopic (exact) mass is 393 g/mol. The predicted molar refractivity (Wildman–Crippen MR) is 101 cm³/mol. The number of amides is 1. The summed E-state index contributed by atoms with van der Waals surface area (Å²) < 4.78 is 16.5. The molecule has 0 bridgehead atoms. The van der Waals surface area contributed by atoms with E-state index in [4.69, 9.17) is 13.9 Å². The number of hydrogen-bond acceptors (Lipinski definition) is 8. The minimum atomic E-state index is -0.0112. The third-order valence-electron chi connectivity index (χ3n) is 5.19. The number of carbonyl (C=O) groups is 1. The Morgan fingerprint density at radius 3 is 2.69 bits per heavy atom. The van der Waals surface area contributed by atoms with Crippen LogP contribution in [0.4, 0.5) is 0 Å². The fourth-order valence-corrected chi connectivity index (χ4v) is 3.55. The predicted octanol–water partition coefficient (Wildman–Crippen LogP) is 2.58. The fraction of sp³-hybridized carbons (Fsp3) is 0.350. The molecule has 0 spiro atoms. The summed E-state index contributed by atoms with van der Waals surface area (Å²) in [5.74, 6) is 2.34. The number of hydrogen-bond donors (Lipinski definition) is 0. The van der Waals surface area contributed by atoms with Crippen LogP contribution < -0.4 is 9.47 Å². The Morgan fingerprint density at radius 1 is 1.07 bits per heavy atom. The van der Waals surface area contributed by atoms with Crippen molar-refractivity contribution in [3.05, 3.63) is 47.7 Å². The van der Waals surface area contributed by atoms with Crippen LogP contribution in [0.3, 0.4) is 0 Å². The molecule has 2 aliphatic rings. The van der Waals surface area contributed by atoms with Gasteiger partial charge in [-0.1, -0.05) is 0 Å². The summed E-state index contributed by atoms with van der Waals surface area (Å²) in [6.07, 6.45) is 4.81. The third kappa shape index (κ3) is 3.39. The second-order valence-electron chi connectivity index (χ2n) is 7.12. The van der Waals surface area contributed by atoms with Crippen LogP contribution in [-0.2, 0) is 0 Å². The highest BCUT2D eigenvalue weighted by molar-refractivity contribution is 5.95. The topological polar surface area (TPSA) is 103 Å². The molecule has 0 saturated carbocycles. The highest BCUT2D eigenvalue weighted by atomic mass is 16.7. The van der Waals surface area contributed by atoms with Gasteiger partial charge in [0.1, 0.15) is 5.69 Å². The SMILES string of the molecule is Cc1cnc(-c2nnc(C3CCN(C(=O)c4ccc5c(c4)OCO5)CC3)o2)cn1. The van der Waals surface area contributed by atoms with Gasteiger partial charge < -0.3 is 18.8 Å².